The molecule has 32 heavy (non-hydrogen) atoms. The Labute approximate surface area is 184 Å². The predicted molar refractivity (Wildman–Crippen MR) is 111 cm³/mol. The first-order valence-electron chi connectivity index (χ1n) is 10.5. The highest BCUT2D eigenvalue weighted by Crippen LogP contribution is 2.45. The first-order valence-corrected chi connectivity index (χ1v) is 10.5. The zero-order chi connectivity index (χ0) is 23.2. The summed E-state index contributed by atoms with van der Waals surface area (Å²) in [5.74, 6) is -1.22. The van der Waals surface area contributed by atoms with Crippen molar-refractivity contribution < 1.29 is 43.9 Å². The van der Waals surface area contributed by atoms with Crippen molar-refractivity contribution in [2.45, 2.75) is 51.3 Å². The van der Waals surface area contributed by atoms with Gasteiger partial charge in [-0.3, -0.25) is 9.59 Å². The monoisotopic (exact) mass is 446 g/mol. The number of benzene rings is 1. The van der Waals surface area contributed by atoms with Crippen molar-refractivity contribution in [3.8, 4) is 5.75 Å². The van der Waals surface area contributed by atoms with E-state index in [-0.39, 0.29) is 34.8 Å². The number of aliphatic hydroxyl groups is 2. The number of phenolic OH excluding ortho intramolecular Hbond substituents is 1. The number of hydrogen-bond donors (Lipinski definition) is 3. The molecule has 172 valence electrons. The molecule has 0 spiro atoms. The van der Waals surface area contributed by atoms with E-state index >= 15 is 0 Å². The maximum Gasteiger partial charge on any atom is 0.229 e. The lowest BCUT2D eigenvalue weighted by atomic mass is 9.81. The van der Waals surface area contributed by atoms with Crippen molar-refractivity contribution in [2.75, 3.05) is 20.3 Å². The highest BCUT2D eigenvalue weighted by molar-refractivity contribution is 6.27. The van der Waals surface area contributed by atoms with E-state index in [2.05, 4.69) is 0 Å². The van der Waals surface area contributed by atoms with Gasteiger partial charge in [-0.15, -0.1) is 0 Å². The van der Waals surface area contributed by atoms with Gasteiger partial charge in [0.15, 0.2) is 12.0 Å². The maximum absolute atomic E-state index is 13.6. The van der Waals surface area contributed by atoms with Crippen molar-refractivity contribution >= 4 is 17.6 Å². The Morgan fingerprint density at radius 1 is 1.25 bits per heavy atom. The molecule has 1 aromatic rings. The van der Waals surface area contributed by atoms with E-state index in [1.54, 1.807) is 19.1 Å². The summed E-state index contributed by atoms with van der Waals surface area (Å²) < 4.78 is 22.1. The molecule has 0 aromatic heterocycles. The van der Waals surface area contributed by atoms with Gasteiger partial charge in [0.1, 0.15) is 29.6 Å². The van der Waals surface area contributed by atoms with Gasteiger partial charge >= 0.3 is 0 Å². The molecule has 0 radical (unpaired) electrons. The van der Waals surface area contributed by atoms with Gasteiger partial charge in [-0.05, 0) is 31.1 Å². The highest BCUT2D eigenvalue weighted by atomic mass is 16.7. The van der Waals surface area contributed by atoms with Gasteiger partial charge in [0, 0.05) is 11.1 Å². The Hall–Kier alpha value is -2.72. The molecule has 0 amide bonds. The van der Waals surface area contributed by atoms with Crippen molar-refractivity contribution in [3.63, 3.8) is 0 Å². The molecule has 3 aliphatic rings. The van der Waals surface area contributed by atoms with Crippen LogP contribution >= 0.6 is 0 Å². The number of rotatable bonds is 5. The lowest BCUT2D eigenvalue weighted by Crippen LogP contribution is -2.48. The van der Waals surface area contributed by atoms with Crippen molar-refractivity contribution in [3.05, 3.63) is 45.4 Å². The molecular formula is C23H26O9. The summed E-state index contributed by atoms with van der Waals surface area (Å²) in [6.07, 6.45) is -0.789. The number of ketones is 2. The number of carbonyl (C=O) groups excluding carboxylic acids is 2. The van der Waals surface area contributed by atoms with Crippen LogP contribution in [0.1, 0.15) is 64.6 Å². The number of aromatic hydroxyl groups is 1. The second-order valence-corrected chi connectivity index (χ2v) is 8.00. The molecule has 9 nitrogen and oxygen atoms in total. The quantitative estimate of drug-likeness (QED) is 0.621. The van der Waals surface area contributed by atoms with E-state index in [1.165, 1.54) is 7.11 Å². The van der Waals surface area contributed by atoms with Gasteiger partial charge < -0.3 is 34.3 Å². The Bertz CT molecular complexity index is 1020. The molecular weight excluding hydrogens is 420 g/mol. The fraction of sp³-hybridized carbons (Fsp3) is 0.478. The fourth-order valence-corrected chi connectivity index (χ4v) is 4.37. The second-order valence-electron chi connectivity index (χ2n) is 8.00. The summed E-state index contributed by atoms with van der Waals surface area (Å²) in [6, 6.07) is 1.57. The number of methoxy groups -OCH3 is 1. The van der Waals surface area contributed by atoms with Crippen LogP contribution in [0.2, 0.25) is 0 Å². The summed E-state index contributed by atoms with van der Waals surface area (Å²) >= 11 is 0. The SMILES string of the molecule is CCCC1OC(C)=Cc2cc3c(c(O)c21)C(=O)C(C1OCC(O)C(CO)O1)=C(OC)C3=O. The summed E-state index contributed by atoms with van der Waals surface area (Å²) in [7, 11) is 1.25. The standard InChI is InChI=1S/C23H26O9/c1-4-5-14-16-11(6-10(2)31-14)7-12-17(20(16)27)21(28)18(22(29-3)19(12)26)23-30-9-13(25)15(8-24)32-23/h6-7,13-15,23-25,27H,4-5,8-9H2,1-3H3. The van der Waals surface area contributed by atoms with Gasteiger partial charge in [-0.25, -0.2) is 0 Å². The Balaban J connectivity index is 1.85. The molecule has 2 aliphatic heterocycles. The molecule has 2 heterocycles. The van der Waals surface area contributed by atoms with Crippen LogP contribution in [0, 0.1) is 0 Å². The molecule has 1 aliphatic carbocycles. The molecule has 4 atom stereocenters. The minimum atomic E-state index is -1.35. The second kappa shape index (κ2) is 8.67. The van der Waals surface area contributed by atoms with Crippen LogP contribution in [0.25, 0.3) is 6.08 Å². The average molecular weight is 446 g/mol. The van der Waals surface area contributed by atoms with Crippen molar-refractivity contribution in [1.82, 2.24) is 0 Å². The van der Waals surface area contributed by atoms with Crippen LogP contribution < -0.4 is 0 Å². The number of allylic oxidation sites excluding steroid dienone is 2. The summed E-state index contributed by atoms with van der Waals surface area (Å²) in [6.45, 7) is 3.06. The molecule has 9 heteroatoms. The molecule has 0 bridgehead atoms. The summed E-state index contributed by atoms with van der Waals surface area (Å²) in [5, 5.41) is 30.5. The largest absolute Gasteiger partial charge is 0.507 e. The Morgan fingerprint density at radius 2 is 2.00 bits per heavy atom. The van der Waals surface area contributed by atoms with Gasteiger partial charge in [-0.1, -0.05) is 13.3 Å². The maximum atomic E-state index is 13.6. The minimum absolute atomic E-state index is 0.0163. The number of carbonyl (C=O) groups is 2. The zero-order valence-corrected chi connectivity index (χ0v) is 18.1. The van der Waals surface area contributed by atoms with Gasteiger partial charge in [0.2, 0.25) is 11.6 Å². The van der Waals surface area contributed by atoms with Crippen LogP contribution in [0.3, 0.4) is 0 Å². The molecule has 0 saturated carbocycles. The predicted octanol–water partition coefficient (Wildman–Crippen LogP) is 2.00. The van der Waals surface area contributed by atoms with Gasteiger partial charge in [0.25, 0.3) is 0 Å². The van der Waals surface area contributed by atoms with E-state index in [4.69, 9.17) is 18.9 Å². The third kappa shape index (κ3) is 3.51. The molecule has 1 saturated heterocycles. The third-order valence-electron chi connectivity index (χ3n) is 5.86. The van der Waals surface area contributed by atoms with Crippen LogP contribution in [-0.2, 0) is 18.9 Å². The molecule has 3 N–H and O–H groups in total. The van der Waals surface area contributed by atoms with Crippen LogP contribution in [0.5, 0.6) is 5.75 Å². The van der Waals surface area contributed by atoms with E-state index in [0.717, 1.165) is 6.42 Å². The van der Waals surface area contributed by atoms with Crippen LogP contribution in [0.15, 0.2) is 23.2 Å². The topological polar surface area (TPSA) is 132 Å². The Kier molecular flexibility index (Phi) is 6.09. The third-order valence-corrected chi connectivity index (χ3v) is 5.86. The number of fused-ring (bicyclic) bond motifs is 2. The van der Waals surface area contributed by atoms with Gasteiger partial charge in [-0.2, -0.15) is 0 Å². The number of aliphatic hydroxyl groups excluding tert-OH is 2. The zero-order valence-electron chi connectivity index (χ0n) is 18.1. The van der Waals surface area contributed by atoms with Gasteiger partial charge in [0.05, 0.1) is 31.6 Å². The van der Waals surface area contributed by atoms with Crippen molar-refractivity contribution in [1.29, 1.82) is 0 Å². The van der Waals surface area contributed by atoms with Crippen LogP contribution in [0.4, 0.5) is 0 Å². The number of phenols is 1. The smallest absolute Gasteiger partial charge is 0.229 e. The Morgan fingerprint density at radius 3 is 2.66 bits per heavy atom. The fourth-order valence-electron chi connectivity index (χ4n) is 4.37. The van der Waals surface area contributed by atoms with E-state index < -0.39 is 42.8 Å². The first kappa shape index (κ1) is 22.5. The van der Waals surface area contributed by atoms with E-state index in [1.807, 2.05) is 6.92 Å². The molecule has 4 unspecified atom stereocenters. The summed E-state index contributed by atoms with van der Waals surface area (Å²) in [4.78, 5) is 26.8. The van der Waals surface area contributed by atoms with E-state index in [9.17, 15) is 24.9 Å². The van der Waals surface area contributed by atoms with E-state index in [0.29, 0.717) is 23.3 Å². The summed E-state index contributed by atoms with van der Waals surface area (Å²) in [5.41, 5.74) is 0.689. The van der Waals surface area contributed by atoms with Crippen LogP contribution in [-0.4, -0.2) is 65.7 Å². The lowest BCUT2D eigenvalue weighted by Gasteiger charge is -2.35. The number of hydrogen-bond acceptors (Lipinski definition) is 9. The first-order chi connectivity index (χ1) is 15.3. The molecule has 1 fully saturated rings. The molecule has 1 aromatic carbocycles. The lowest BCUT2D eigenvalue weighted by molar-refractivity contribution is -0.242. The highest BCUT2D eigenvalue weighted by Gasteiger charge is 2.44. The normalized spacial score (nSPS) is 27.5. The minimum Gasteiger partial charge on any atom is -0.507 e. The van der Waals surface area contributed by atoms with Crippen molar-refractivity contribution in [2.24, 2.45) is 0 Å². The average Bonchev–Trinajstić information content (AvgIpc) is 2.76. The number of Topliss-reactive ketones (excluding diaryl/α,β-unsaturated/α-hetero) is 2. The number of ether oxygens (including phenoxy) is 4. The molecule has 4 rings (SSSR count).